The SMILES string of the molecule is CC1(C)[C@@H]2CC[C@@]1(C)/C(=N\O)[C@H]2[Se]Br. The molecule has 0 saturated heterocycles. The van der Waals surface area contributed by atoms with Crippen LogP contribution in [0.2, 0.25) is 4.82 Å². The van der Waals surface area contributed by atoms with E-state index in [1.165, 1.54) is 12.8 Å². The van der Waals surface area contributed by atoms with E-state index in [2.05, 4.69) is 40.0 Å². The molecule has 2 fully saturated rings. The fourth-order valence-corrected chi connectivity index (χ4v) is 7.66. The van der Waals surface area contributed by atoms with Crippen LogP contribution in [0.15, 0.2) is 5.16 Å². The van der Waals surface area contributed by atoms with Gasteiger partial charge in [0.25, 0.3) is 0 Å². The van der Waals surface area contributed by atoms with Gasteiger partial charge in [-0.25, -0.2) is 0 Å². The Labute approximate surface area is 98.4 Å². The van der Waals surface area contributed by atoms with Crippen molar-refractivity contribution in [2.75, 3.05) is 0 Å². The van der Waals surface area contributed by atoms with Gasteiger partial charge in [0, 0.05) is 0 Å². The van der Waals surface area contributed by atoms with E-state index >= 15 is 0 Å². The summed E-state index contributed by atoms with van der Waals surface area (Å²) in [5, 5.41) is 12.8. The third-order valence-corrected chi connectivity index (χ3v) is 8.36. The Morgan fingerprint density at radius 3 is 2.57 bits per heavy atom. The first-order chi connectivity index (χ1) is 6.49. The Kier molecular flexibility index (Phi) is 2.53. The topological polar surface area (TPSA) is 32.6 Å². The van der Waals surface area contributed by atoms with Crippen molar-refractivity contribution in [1.29, 1.82) is 0 Å². The minimum absolute atomic E-state index is 0.132. The van der Waals surface area contributed by atoms with Crippen molar-refractivity contribution in [3.8, 4) is 0 Å². The van der Waals surface area contributed by atoms with E-state index in [-0.39, 0.29) is 5.41 Å². The van der Waals surface area contributed by atoms with Crippen molar-refractivity contribution in [3.63, 3.8) is 0 Å². The molecule has 0 amide bonds. The molecular weight excluding hydrogens is 309 g/mol. The van der Waals surface area contributed by atoms with Crippen molar-refractivity contribution in [2.45, 2.75) is 38.4 Å². The van der Waals surface area contributed by atoms with E-state index in [9.17, 15) is 0 Å². The zero-order valence-corrected chi connectivity index (χ0v) is 12.0. The van der Waals surface area contributed by atoms with Gasteiger partial charge >= 0.3 is 98.5 Å². The molecule has 0 spiro atoms. The molecule has 0 aromatic carbocycles. The molecule has 2 rings (SSSR count). The molecule has 4 heteroatoms. The van der Waals surface area contributed by atoms with Gasteiger partial charge < -0.3 is 0 Å². The summed E-state index contributed by atoms with van der Waals surface area (Å²) in [6, 6.07) is 0. The van der Waals surface area contributed by atoms with Crippen LogP contribution in [0.3, 0.4) is 0 Å². The van der Waals surface area contributed by atoms with Crippen molar-refractivity contribution in [3.05, 3.63) is 0 Å². The van der Waals surface area contributed by atoms with Crippen LogP contribution in [-0.4, -0.2) is 24.1 Å². The van der Waals surface area contributed by atoms with Crippen LogP contribution in [0.1, 0.15) is 33.6 Å². The minimum atomic E-state index is 0.132. The number of nitrogens with zero attached hydrogens (tertiary/aromatic N) is 1. The fraction of sp³-hybridized carbons (Fsp3) is 0.900. The molecule has 2 aliphatic rings. The van der Waals surface area contributed by atoms with E-state index in [0.717, 1.165) is 5.71 Å². The Morgan fingerprint density at radius 1 is 1.50 bits per heavy atom. The molecule has 2 bridgehead atoms. The molecule has 0 heterocycles. The Balaban J connectivity index is 2.49. The summed E-state index contributed by atoms with van der Waals surface area (Å²) >= 11 is 3.99. The Hall–Kier alpha value is 0.469. The van der Waals surface area contributed by atoms with Gasteiger partial charge in [0.05, 0.1) is 0 Å². The maximum absolute atomic E-state index is 9.16. The molecule has 2 saturated carbocycles. The standard InChI is InChI=1S/C10H16BrNOSe/c1-9(2)6-4-5-10(9,3)8(12-13)7(6)14-11/h6-7,13H,4-5H2,1-3H3/b12-8-/t6-,7+,10+/m1/s1. The molecule has 3 atom stereocenters. The molecule has 0 aliphatic heterocycles. The maximum atomic E-state index is 9.16. The second kappa shape index (κ2) is 3.23. The van der Waals surface area contributed by atoms with Crippen LogP contribution in [0, 0.1) is 16.7 Å². The molecule has 2 nitrogen and oxygen atoms in total. The summed E-state index contributed by atoms with van der Waals surface area (Å²) in [7, 11) is 0. The second-order valence-corrected chi connectivity index (χ2v) is 8.58. The summed E-state index contributed by atoms with van der Waals surface area (Å²) in [6.07, 6.45) is 2.48. The summed E-state index contributed by atoms with van der Waals surface area (Å²) in [6.45, 7) is 6.92. The van der Waals surface area contributed by atoms with Gasteiger partial charge in [-0.3, -0.25) is 0 Å². The molecule has 2 aliphatic carbocycles. The summed E-state index contributed by atoms with van der Waals surface area (Å²) in [4.78, 5) is 0.501. The molecule has 0 aromatic rings. The van der Waals surface area contributed by atoms with Crippen molar-refractivity contribution in [2.24, 2.45) is 21.9 Å². The van der Waals surface area contributed by atoms with Crippen LogP contribution < -0.4 is 0 Å². The number of hydrogen-bond donors (Lipinski definition) is 1. The predicted octanol–water partition coefficient (Wildman–Crippen LogP) is 3.08. The number of halogens is 1. The number of rotatable bonds is 1. The van der Waals surface area contributed by atoms with Gasteiger partial charge in [0.1, 0.15) is 0 Å². The molecule has 1 N–H and O–H groups in total. The molecule has 14 heavy (non-hydrogen) atoms. The second-order valence-electron chi connectivity index (χ2n) is 5.19. The van der Waals surface area contributed by atoms with Gasteiger partial charge in [0.15, 0.2) is 0 Å². The van der Waals surface area contributed by atoms with Gasteiger partial charge in [-0.2, -0.15) is 0 Å². The number of hydrogen-bond acceptors (Lipinski definition) is 2. The van der Waals surface area contributed by atoms with Gasteiger partial charge in [0.2, 0.25) is 0 Å². The van der Waals surface area contributed by atoms with E-state index in [4.69, 9.17) is 5.21 Å². The zero-order valence-electron chi connectivity index (χ0n) is 8.75. The van der Waals surface area contributed by atoms with E-state index in [1.807, 2.05) is 0 Å². The van der Waals surface area contributed by atoms with E-state index in [0.29, 0.717) is 29.3 Å². The van der Waals surface area contributed by atoms with Crippen molar-refractivity contribution < 1.29 is 5.21 Å². The van der Waals surface area contributed by atoms with Crippen LogP contribution in [0.25, 0.3) is 0 Å². The fourth-order valence-electron chi connectivity index (χ4n) is 3.30. The van der Waals surface area contributed by atoms with Crippen molar-refractivity contribution >= 4 is 33.0 Å². The summed E-state index contributed by atoms with van der Waals surface area (Å²) in [5.74, 6) is 0.706. The van der Waals surface area contributed by atoms with Crippen LogP contribution in [-0.2, 0) is 0 Å². The molecule has 0 unspecified atom stereocenters. The molecule has 0 aromatic heterocycles. The quantitative estimate of drug-likeness (QED) is 0.449. The number of oxime groups is 1. The van der Waals surface area contributed by atoms with E-state index in [1.54, 1.807) is 0 Å². The summed E-state index contributed by atoms with van der Waals surface area (Å²) < 4.78 is 0. The average molecular weight is 325 g/mol. The Bertz CT molecular complexity index is 292. The number of fused-ring (bicyclic) bond motifs is 2. The normalized spacial score (nSPS) is 47.6. The summed E-state index contributed by atoms with van der Waals surface area (Å²) in [5.41, 5.74) is 1.48. The van der Waals surface area contributed by atoms with Crippen molar-refractivity contribution in [1.82, 2.24) is 0 Å². The molecule has 80 valence electrons. The van der Waals surface area contributed by atoms with Crippen LogP contribution in [0.4, 0.5) is 0 Å². The third kappa shape index (κ3) is 1.05. The van der Waals surface area contributed by atoms with E-state index < -0.39 is 0 Å². The van der Waals surface area contributed by atoms with Gasteiger partial charge in [-0.1, -0.05) is 0 Å². The average Bonchev–Trinajstić information content (AvgIpc) is 2.46. The predicted molar refractivity (Wildman–Crippen MR) is 62.3 cm³/mol. The van der Waals surface area contributed by atoms with Crippen LogP contribution >= 0.6 is 14.1 Å². The monoisotopic (exact) mass is 325 g/mol. The van der Waals surface area contributed by atoms with Gasteiger partial charge in [-0.05, 0) is 0 Å². The zero-order chi connectivity index (χ0) is 10.6. The van der Waals surface area contributed by atoms with Crippen LogP contribution in [0.5, 0.6) is 0 Å². The molecule has 0 radical (unpaired) electrons. The first-order valence-electron chi connectivity index (χ1n) is 4.99. The molecular formula is C10H16BrNOSe. The first-order valence-corrected chi connectivity index (χ1v) is 9.99. The first kappa shape index (κ1) is 11.0. The Morgan fingerprint density at radius 2 is 2.14 bits per heavy atom. The third-order valence-electron chi connectivity index (χ3n) is 4.71. The van der Waals surface area contributed by atoms with Gasteiger partial charge in [-0.15, -0.1) is 0 Å².